The largest absolute Gasteiger partial charge is 0.489 e. The molecule has 3 aromatic carbocycles. The standard InChI is InChI=1S/C29H32N2O5/c1-21(2)27(31-29(34)36-20-24-11-7-4-8-12-24)28(33)30-25(18-32)17-22-13-15-26(16-14-22)35-19-23-9-5-3-6-10-23/h3-16,18,21,25,27H,17,19-20H2,1-2H3,(H,30,33)(H,31,34)/t25?,27-/m0/s1. The summed E-state index contributed by atoms with van der Waals surface area (Å²) >= 11 is 0. The topological polar surface area (TPSA) is 93.7 Å². The van der Waals surface area contributed by atoms with Gasteiger partial charge in [-0.25, -0.2) is 4.79 Å². The number of alkyl carbamates (subject to hydrolysis) is 1. The van der Waals surface area contributed by atoms with Gasteiger partial charge in [-0.2, -0.15) is 0 Å². The van der Waals surface area contributed by atoms with Gasteiger partial charge in [-0.15, -0.1) is 0 Å². The third kappa shape index (κ3) is 8.58. The van der Waals surface area contributed by atoms with Crippen LogP contribution >= 0.6 is 0 Å². The molecule has 0 fully saturated rings. The third-order valence-electron chi connectivity index (χ3n) is 5.55. The summed E-state index contributed by atoms with van der Waals surface area (Å²) in [6.07, 6.45) is 0.321. The van der Waals surface area contributed by atoms with Crippen molar-refractivity contribution < 1.29 is 23.9 Å². The summed E-state index contributed by atoms with van der Waals surface area (Å²) in [4.78, 5) is 36.8. The number of amides is 2. The van der Waals surface area contributed by atoms with Crippen LogP contribution in [-0.2, 0) is 34.0 Å². The van der Waals surface area contributed by atoms with E-state index in [1.165, 1.54) is 0 Å². The second-order valence-corrected chi connectivity index (χ2v) is 8.80. The number of hydrogen-bond acceptors (Lipinski definition) is 5. The highest BCUT2D eigenvalue weighted by Crippen LogP contribution is 2.15. The molecule has 0 saturated heterocycles. The fraction of sp³-hybridized carbons (Fsp3) is 0.276. The van der Waals surface area contributed by atoms with Crippen molar-refractivity contribution in [1.29, 1.82) is 0 Å². The maximum absolute atomic E-state index is 12.9. The minimum Gasteiger partial charge on any atom is -0.489 e. The van der Waals surface area contributed by atoms with Crippen LogP contribution in [0.1, 0.15) is 30.5 Å². The van der Waals surface area contributed by atoms with Crippen molar-refractivity contribution in [2.45, 2.75) is 45.6 Å². The lowest BCUT2D eigenvalue weighted by Crippen LogP contribution is -2.52. The van der Waals surface area contributed by atoms with Crippen LogP contribution in [0.3, 0.4) is 0 Å². The quantitative estimate of drug-likeness (QED) is 0.368. The van der Waals surface area contributed by atoms with Gasteiger partial charge in [0.05, 0.1) is 6.04 Å². The van der Waals surface area contributed by atoms with Crippen molar-refractivity contribution in [3.8, 4) is 5.75 Å². The molecule has 0 saturated carbocycles. The predicted octanol–water partition coefficient (Wildman–Crippen LogP) is 4.44. The summed E-state index contributed by atoms with van der Waals surface area (Å²) in [5, 5.41) is 5.34. The van der Waals surface area contributed by atoms with Crippen molar-refractivity contribution in [3.63, 3.8) is 0 Å². The first-order valence-corrected chi connectivity index (χ1v) is 11.9. The molecule has 7 nitrogen and oxygen atoms in total. The average Bonchev–Trinajstić information content (AvgIpc) is 2.90. The van der Waals surface area contributed by atoms with E-state index in [0.717, 1.165) is 16.7 Å². The van der Waals surface area contributed by atoms with Crippen LogP contribution in [0.4, 0.5) is 4.79 Å². The molecule has 3 aromatic rings. The van der Waals surface area contributed by atoms with Crippen LogP contribution in [0.25, 0.3) is 0 Å². The first-order valence-electron chi connectivity index (χ1n) is 11.9. The van der Waals surface area contributed by atoms with E-state index in [4.69, 9.17) is 9.47 Å². The summed E-state index contributed by atoms with van der Waals surface area (Å²) in [6, 6.07) is 25.0. The van der Waals surface area contributed by atoms with E-state index in [9.17, 15) is 14.4 Å². The Kier molecular flexibility index (Phi) is 10.1. The molecular formula is C29H32N2O5. The number of nitrogens with one attached hydrogen (secondary N) is 2. The van der Waals surface area contributed by atoms with Gasteiger partial charge in [0, 0.05) is 0 Å². The van der Waals surface area contributed by atoms with Gasteiger partial charge in [-0.1, -0.05) is 86.6 Å². The summed E-state index contributed by atoms with van der Waals surface area (Å²) in [5.74, 6) is 0.0663. The van der Waals surface area contributed by atoms with Crippen molar-refractivity contribution in [1.82, 2.24) is 10.6 Å². The summed E-state index contributed by atoms with van der Waals surface area (Å²) in [7, 11) is 0. The zero-order valence-corrected chi connectivity index (χ0v) is 20.6. The maximum atomic E-state index is 12.9. The minimum atomic E-state index is -0.843. The molecule has 2 amide bonds. The number of benzene rings is 3. The number of carbonyl (C=O) groups excluding carboxylic acids is 3. The Labute approximate surface area is 211 Å². The molecule has 0 heterocycles. The Bertz CT molecular complexity index is 1100. The molecule has 188 valence electrons. The highest BCUT2D eigenvalue weighted by Gasteiger charge is 2.26. The van der Waals surface area contributed by atoms with E-state index in [2.05, 4.69) is 10.6 Å². The van der Waals surface area contributed by atoms with Gasteiger partial charge >= 0.3 is 6.09 Å². The molecule has 0 aromatic heterocycles. The molecule has 0 aliphatic heterocycles. The van der Waals surface area contributed by atoms with Gasteiger partial charge in [0.25, 0.3) is 0 Å². The van der Waals surface area contributed by atoms with Crippen LogP contribution in [0.2, 0.25) is 0 Å². The highest BCUT2D eigenvalue weighted by atomic mass is 16.5. The second kappa shape index (κ2) is 13.7. The normalized spacial score (nSPS) is 12.3. The van der Waals surface area contributed by atoms with Gasteiger partial charge in [0.2, 0.25) is 5.91 Å². The lowest BCUT2D eigenvalue weighted by molar-refractivity contribution is -0.126. The second-order valence-electron chi connectivity index (χ2n) is 8.80. The van der Waals surface area contributed by atoms with Gasteiger partial charge in [0.1, 0.15) is 31.3 Å². The average molecular weight is 489 g/mol. The highest BCUT2D eigenvalue weighted by molar-refractivity contribution is 5.87. The van der Waals surface area contributed by atoms with Crippen LogP contribution in [0, 0.1) is 5.92 Å². The van der Waals surface area contributed by atoms with E-state index in [1.54, 1.807) is 0 Å². The van der Waals surface area contributed by atoms with Gasteiger partial charge < -0.3 is 24.9 Å². The molecule has 0 aliphatic rings. The van der Waals surface area contributed by atoms with Gasteiger partial charge in [0.15, 0.2) is 0 Å². The first kappa shape index (κ1) is 26.5. The van der Waals surface area contributed by atoms with E-state index >= 15 is 0 Å². The summed E-state index contributed by atoms with van der Waals surface area (Å²) in [6.45, 7) is 4.18. The summed E-state index contributed by atoms with van der Waals surface area (Å²) < 4.78 is 11.0. The third-order valence-corrected chi connectivity index (χ3v) is 5.55. The van der Waals surface area contributed by atoms with E-state index < -0.39 is 24.1 Å². The Morgan fingerprint density at radius 3 is 1.92 bits per heavy atom. The smallest absolute Gasteiger partial charge is 0.408 e. The number of ether oxygens (including phenoxy) is 2. The molecule has 0 spiro atoms. The van der Waals surface area contributed by atoms with Crippen LogP contribution in [0.15, 0.2) is 84.9 Å². The Morgan fingerprint density at radius 2 is 1.36 bits per heavy atom. The van der Waals surface area contributed by atoms with Crippen LogP contribution in [0.5, 0.6) is 5.75 Å². The van der Waals surface area contributed by atoms with Crippen molar-refractivity contribution in [2.24, 2.45) is 5.92 Å². The predicted molar refractivity (Wildman–Crippen MR) is 137 cm³/mol. The first-order chi connectivity index (χ1) is 17.4. The number of carbonyl (C=O) groups is 3. The van der Waals surface area contributed by atoms with Crippen LogP contribution in [-0.4, -0.2) is 30.4 Å². The SMILES string of the molecule is CC(C)[C@H](NC(=O)OCc1ccccc1)C(=O)NC(C=O)Cc1ccc(OCc2ccccc2)cc1. The fourth-order valence-electron chi connectivity index (χ4n) is 3.55. The van der Waals surface area contributed by atoms with E-state index in [-0.39, 0.29) is 12.5 Å². The number of rotatable bonds is 12. The zero-order chi connectivity index (χ0) is 25.8. The number of aldehydes is 1. The van der Waals surface area contributed by atoms with E-state index in [1.807, 2.05) is 98.8 Å². The van der Waals surface area contributed by atoms with Gasteiger partial charge in [-0.05, 0) is 41.2 Å². The minimum absolute atomic E-state index is 0.0983. The monoisotopic (exact) mass is 488 g/mol. The molecular weight excluding hydrogens is 456 g/mol. The molecule has 1 unspecified atom stereocenters. The molecule has 0 aliphatic carbocycles. The molecule has 7 heteroatoms. The zero-order valence-electron chi connectivity index (χ0n) is 20.6. The van der Waals surface area contributed by atoms with Gasteiger partial charge in [-0.3, -0.25) is 4.79 Å². The Morgan fingerprint density at radius 1 is 0.778 bits per heavy atom. The van der Waals surface area contributed by atoms with Crippen molar-refractivity contribution in [3.05, 3.63) is 102 Å². The molecule has 2 N–H and O–H groups in total. The molecule has 36 heavy (non-hydrogen) atoms. The van der Waals surface area contributed by atoms with E-state index in [0.29, 0.717) is 25.1 Å². The fourth-order valence-corrected chi connectivity index (χ4v) is 3.55. The lowest BCUT2D eigenvalue weighted by Gasteiger charge is -2.23. The molecule has 0 bridgehead atoms. The van der Waals surface area contributed by atoms with Crippen LogP contribution < -0.4 is 15.4 Å². The molecule has 2 atom stereocenters. The molecule has 3 rings (SSSR count). The maximum Gasteiger partial charge on any atom is 0.408 e. The Hall–Kier alpha value is -4.13. The molecule has 0 radical (unpaired) electrons. The number of hydrogen-bond donors (Lipinski definition) is 2. The van der Waals surface area contributed by atoms with Crippen molar-refractivity contribution >= 4 is 18.3 Å². The lowest BCUT2D eigenvalue weighted by atomic mass is 10.0. The van der Waals surface area contributed by atoms with Crippen molar-refractivity contribution in [2.75, 3.05) is 0 Å². The summed E-state index contributed by atoms with van der Waals surface area (Å²) in [5.41, 5.74) is 2.79. The Balaban J connectivity index is 1.50.